The van der Waals surface area contributed by atoms with E-state index in [0.717, 1.165) is 31.4 Å². The fourth-order valence-corrected chi connectivity index (χ4v) is 2.34. The monoisotopic (exact) mass is 229 g/mol. The molecule has 0 aliphatic carbocycles. The van der Waals surface area contributed by atoms with Crippen LogP contribution in [0.1, 0.15) is 5.69 Å². The van der Waals surface area contributed by atoms with Crippen LogP contribution in [-0.2, 0) is 4.74 Å². The van der Waals surface area contributed by atoms with Crippen LogP contribution in [0.3, 0.4) is 0 Å². The number of rotatable bonds is 2. The first-order valence-electron chi connectivity index (χ1n) is 4.35. The fourth-order valence-electron chi connectivity index (χ4n) is 1.28. The Morgan fingerprint density at radius 2 is 2.29 bits per heavy atom. The minimum Gasteiger partial charge on any atom is -0.388 e. The fraction of sp³-hybridized carbons (Fsp3) is 0.500. The molecule has 0 saturated carbocycles. The second-order valence-corrected chi connectivity index (χ2v) is 4.26. The van der Waals surface area contributed by atoms with E-state index in [0.29, 0.717) is 10.7 Å². The van der Waals surface area contributed by atoms with E-state index in [1.165, 1.54) is 0 Å². The predicted molar refractivity (Wildman–Crippen MR) is 61.0 cm³/mol. The maximum atomic E-state index is 5.49. The maximum Gasteiger partial charge on any atom is 0.186 e. The molecule has 0 aromatic carbocycles. The molecule has 76 valence electrons. The molecule has 1 saturated heterocycles. The summed E-state index contributed by atoms with van der Waals surface area (Å²) in [5.74, 6) is 0. The number of hydrogen-bond donors (Lipinski definition) is 1. The molecular weight excluding hydrogens is 218 g/mol. The van der Waals surface area contributed by atoms with Crippen molar-refractivity contribution in [3.05, 3.63) is 11.1 Å². The molecule has 1 aliphatic rings. The molecule has 6 heteroatoms. The van der Waals surface area contributed by atoms with Gasteiger partial charge >= 0.3 is 0 Å². The first kappa shape index (κ1) is 9.82. The molecule has 2 N–H and O–H groups in total. The zero-order chi connectivity index (χ0) is 9.97. The van der Waals surface area contributed by atoms with Crippen molar-refractivity contribution >= 4 is 33.7 Å². The summed E-state index contributed by atoms with van der Waals surface area (Å²) in [5.41, 5.74) is 6.20. The third kappa shape index (κ3) is 2.02. The zero-order valence-electron chi connectivity index (χ0n) is 7.60. The van der Waals surface area contributed by atoms with Gasteiger partial charge in [-0.3, -0.25) is 0 Å². The van der Waals surface area contributed by atoms with Gasteiger partial charge in [0.1, 0.15) is 10.7 Å². The Hall–Kier alpha value is -0.720. The molecule has 1 aliphatic heterocycles. The molecule has 4 nitrogen and oxygen atoms in total. The highest BCUT2D eigenvalue weighted by atomic mass is 32.1. The SMILES string of the molecule is NC(=S)c1csc(N2CCOCC2)n1. The lowest BCUT2D eigenvalue weighted by atomic mass is 10.4. The summed E-state index contributed by atoms with van der Waals surface area (Å²) in [4.78, 5) is 6.91. The second-order valence-electron chi connectivity index (χ2n) is 2.98. The Morgan fingerprint density at radius 1 is 1.57 bits per heavy atom. The molecule has 1 aromatic heterocycles. The van der Waals surface area contributed by atoms with Crippen LogP contribution in [0.15, 0.2) is 5.38 Å². The number of nitrogens with zero attached hydrogens (tertiary/aromatic N) is 2. The van der Waals surface area contributed by atoms with Crippen molar-refractivity contribution in [3.8, 4) is 0 Å². The number of morpholine rings is 1. The number of hydrogen-bond acceptors (Lipinski definition) is 5. The van der Waals surface area contributed by atoms with Crippen LogP contribution < -0.4 is 10.6 Å². The van der Waals surface area contributed by atoms with E-state index in [-0.39, 0.29) is 0 Å². The average molecular weight is 229 g/mol. The number of anilines is 1. The molecule has 0 bridgehead atoms. The van der Waals surface area contributed by atoms with Crippen LogP contribution in [0.25, 0.3) is 0 Å². The van der Waals surface area contributed by atoms with Crippen molar-refractivity contribution in [1.82, 2.24) is 4.98 Å². The van der Waals surface area contributed by atoms with Gasteiger partial charge in [-0.2, -0.15) is 0 Å². The summed E-state index contributed by atoms with van der Waals surface area (Å²) < 4.78 is 5.26. The summed E-state index contributed by atoms with van der Waals surface area (Å²) in [7, 11) is 0. The zero-order valence-corrected chi connectivity index (χ0v) is 9.24. The van der Waals surface area contributed by atoms with E-state index in [9.17, 15) is 0 Å². The second kappa shape index (κ2) is 4.20. The van der Waals surface area contributed by atoms with E-state index in [1.54, 1.807) is 11.3 Å². The third-order valence-electron chi connectivity index (χ3n) is 2.03. The Bertz CT molecular complexity index is 333. The Labute approximate surface area is 91.7 Å². The van der Waals surface area contributed by atoms with Crippen molar-refractivity contribution in [2.45, 2.75) is 0 Å². The van der Waals surface area contributed by atoms with E-state index in [4.69, 9.17) is 22.7 Å². The summed E-state index contributed by atoms with van der Waals surface area (Å²) in [6.07, 6.45) is 0. The molecule has 0 unspecified atom stereocenters. The van der Waals surface area contributed by atoms with Crippen LogP contribution in [0.4, 0.5) is 5.13 Å². The van der Waals surface area contributed by atoms with Crippen LogP contribution in [0, 0.1) is 0 Å². The number of ether oxygens (including phenoxy) is 1. The number of aromatic nitrogens is 1. The van der Waals surface area contributed by atoms with Gasteiger partial charge in [0, 0.05) is 18.5 Å². The van der Waals surface area contributed by atoms with Crippen molar-refractivity contribution in [1.29, 1.82) is 0 Å². The summed E-state index contributed by atoms with van der Waals surface area (Å²) in [6, 6.07) is 0. The standard InChI is InChI=1S/C8H11N3OS2/c9-7(13)6-5-14-8(10-6)11-1-3-12-4-2-11/h5H,1-4H2,(H2,9,13). The summed E-state index contributed by atoms with van der Waals surface area (Å²) in [6.45, 7) is 3.32. The van der Waals surface area contributed by atoms with Gasteiger partial charge in [0.15, 0.2) is 5.13 Å². The van der Waals surface area contributed by atoms with Crippen LogP contribution in [0.2, 0.25) is 0 Å². The molecular formula is C8H11N3OS2. The lowest BCUT2D eigenvalue weighted by molar-refractivity contribution is 0.122. The first-order chi connectivity index (χ1) is 6.77. The van der Waals surface area contributed by atoms with Gasteiger partial charge in [-0.15, -0.1) is 11.3 Å². The van der Waals surface area contributed by atoms with Crippen molar-refractivity contribution in [2.24, 2.45) is 5.73 Å². The van der Waals surface area contributed by atoms with E-state index >= 15 is 0 Å². The lowest BCUT2D eigenvalue weighted by Crippen LogP contribution is -2.36. The Kier molecular flexibility index (Phi) is 2.95. The van der Waals surface area contributed by atoms with Crippen LogP contribution in [0.5, 0.6) is 0 Å². The third-order valence-corrected chi connectivity index (χ3v) is 3.14. The maximum absolute atomic E-state index is 5.49. The molecule has 0 atom stereocenters. The highest BCUT2D eigenvalue weighted by molar-refractivity contribution is 7.80. The largest absolute Gasteiger partial charge is 0.388 e. The molecule has 1 aromatic rings. The number of nitrogens with two attached hydrogens (primary N) is 1. The topological polar surface area (TPSA) is 51.4 Å². The first-order valence-corrected chi connectivity index (χ1v) is 5.64. The lowest BCUT2D eigenvalue weighted by Gasteiger charge is -2.25. The average Bonchev–Trinajstić information content (AvgIpc) is 2.68. The highest BCUT2D eigenvalue weighted by Crippen LogP contribution is 2.21. The summed E-state index contributed by atoms with van der Waals surface area (Å²) in [5, 5.41) is 2.88. The van der Waals surface area contributed by atoms with Crippen LogP contribution >= 0.6 is 23.6 Å². The molecule has 2 rings (SSSR count). The normalized spacial score (nSPS) is 17.0. The Balaban J connectivity index is 2.11. The van der Waals surface area contributed by atoms with Gasteiger partial charge in [-0.05, 0) is 0 Å². The van der Waals surface area contributed by atoms with Crippen LogP contribution in [-0.4, -0.2) is 36.3 Å². The summed E-state index contributed by atoms with van der Waals surface area (Å²) >= 11 is 6.43. The van der Waals surface area contributed by atoms with Gasteiger partial charge < -0.3 is 15.4 Å². The predicted octanol–water partition coefficient (Wildman–Crippen LogP) is 0.614. The van der Waals surface area contributed by atoms with Gasteiger partial charge in [0.25, 0.3) is 0 Å². The van der Waals surface area contributed by atoms with Crippen molar-refractivity contribution in [2.75, 3.05) is 31.2 Å². The minimum atomic E-state index is 0.362. The molecule has 14 heavy (non-hydrogen) atoms. The molecule has 1 fully saturated rings. The minimum absolute atomic E-state index is 0.362. The molecule has 0 amide bonds. The molecule has 2 heterocycles. The van der Waals surface area contributed by atoms with Crippen molar-refractivity contribution < 1.29 is 4.74 Å². The van der Waals surface area contributed by atoms with Crippen molar-refractivity contribution in [3.63, 3.8) is 0 Å². The highest BCUT2D eigenvalue weighted by Gasteiger charge is 2.14. The van der Waals surface area contributed by atoms with Gasteiger partial charge in [0.2, 0.25) is 0 Å². The van der Waals surface area contributed by atoms with Gasteiger partial charge in [-0.1, -0.05) is 12.2 Å². The number of thiocarbonyl (C=S) groups is 1. The quantitative estimate of drug-likeness (QED) is 0.753. The smallest absolute Gasteiger partial charge is 0.186 e. The molecule has 0 spiro atoms. The van der Waals surface area contributed by atoms with E-state index in [1.807, 2.05) is 5.38 Å². The number of thiazole rings is 1. The van der Waals surface area contributed by atoms with Gasteiger partial charge in [0.05, 0.1) is 13.2 Å². The molecule has 0 radical (unpaired) electrons. The van der Waals surface area contributed by atoms with Gasteiger partial charge in [-0.25, -0.2) is 4.98 Å². The van der Waals surface area contributed by atoms with E-state index in [2.05, 4.69) is 9.88 Å². The van der Waals surface area contributed by atoms with E-state index < -0.39 is 0 Å². The Morgan fingerprint density at radius 3 is 2.86 bits per heavy atom.